The fourth-order valence-corrected chi connectivity index (χ4v) is 8.19. The van der Waals surface area contributed by atoms with Crippen molar-refractivity contribution in [3.05, 3.63) is 58.5 Å². The van der Waals surface area contributed by atoms with E-state index < -0.39 is 43.5 Å². The quantitative estimate of drug-likeness (QED) is 0.0211. The lowest BCUT2D eigenvalue weighted by Gasteiger charge is -2.26. The molecule has 1 fully saturated rings. The van der Waals surface area contributed by atoms with Crippen molar-refractivity contribution >= 4 is 24.8 Å². The molecule has 0 spiro atoms. The average molecular weight is 831 g/mol. The van der Waals surface area contributed by atoms with Gasteiger partial charge in [0.2, 0.25) is 0 Å². The molecule has 0 saturated carbocycles. The smallest absolute Gasteiger partial charge is 0.419 e. The lowest BCUT2D eigenvalue weighted by Crippen LogP contribution is -2.37. The van der Waals surface area contributed by atoms with Crippen LogP contribution in [0.2, 0.25) is 0 Å². The highest BCUT2D eigenvalue weighted by atomic mass is 31.2. The molecule has 2 N–H and O–H groups in total. The zero-order valence-electron chi connectivity index (χ0n) is 34.5. The minimum Gasteiger partial charge on any atom is -0.419 e. The van der Waals surface area contributed by atoms with Crippen molar-refractivity contribution in [3.8, 4) is 12.0 Å². The SMILES string of the molecule is CCCCCCCCCCCCCCCCCCOCCCOP(=O)(OC[C@@H](OC#N)[C@H]1OC(C)(C)O[C@H]1c1ccc2c(N)ncnn12)Oc1ccc([N+](=O)[O-])cc1. The molecule has 3 heterocycles. The molecule has 3 aromatic rings. The zero-order valence-corrected chi connectivity index (χ0v) is 35.4. The van der Waals surface area contributed by atoms with Crippen LogP contribution in [0.15, 0.2) is 42.7 Å². The lowest BCUT2D eigenvalue weighted by molar-refractivity contribution is -0.384. The minimum absolute atomic E-state index is 0.0165. The number of hydrogen-bond donors (Lipinski definition) is 1. The number of aromatic nitrogens is 3. The number of nitro benzene ring substituents is 1. The second-order valence-electron chi connectivity index (χ2n) is 15.2. The summed E-state index contributed by atoms with van der Waals surface area (Å²) in [6.45, 7) is 6.15. The standard InChI is InChI=1S/C41H63N6O10P/c1-4-5-6-7-8-9-10-11-12-13-14-15-16-17-18-19-27-51-28-20-29-53-58(50,57-34-23-21-33(22-24-34)47(48)49)54-30-37(52-31-42)39-38(55-41(2,3)56-39)35-25-26-36-40(43)44-32-45-46(35)36/h21-26,32,37-39H,4-20,27-30H2,1-3H3,(H2,43,44,45)/t37-,38+,39-,58?/m1/s1. The van der Waals surface area contributed by atoms with E-state index in [1.54, 1.807) is 36.8 Å². The van der Waals surface area contributed by atoms with Gasteiger partial charge in [-0.1, -0.05) is 103 Å². The molecule has 1 unspecified atom stereocenters. The van der Waals surface area contributed by atoms with Crippen molar-refractivity contribution in [3.63, 3.8) is 0 Å². The molecule has 1 saturated heterocycles. The van der Waals surface area contributed by atoms with E-state index in [1.807, 2.05) is 0 Å². The van der Waals surface area contributed by atoms with Gasteiger partial charge in [0, 0.05) is 25.3 Å². The van der Waals surface area contributed by atoms with Crippen molar-refractivity contribution in [1.82, 2.24) is 14.6 Å². The Bertz CT molecular complexity index is 1740. The molecule has 0 bridgehead atoms. The third-order valence-electron chi connectivity index (χ3n) is 9.99. The van der Waals surface area contributed by atoms with E-state index >= 15 is 0 Å². The van der Waals surface area contributed by atoms with Gasteiger partial charge in [-0.05, 0) is 51.0 Å². The molecule has 58 heavy (non-hydrogen) atoms. The number of unbranched alkanes of at least 4 members (excludes halogenated alkanes) is 15. The van der Waals surface area contributed by atoms with E-state index in [9.17, 15) is 19.9 Å². The fourth-order valence-electron chi connectivity index (χ4n) is 6.95. The Labute approximate surface area is 342 Å². The highest BCUT2D eigenvalue weighted by Gasteiger charge is 2.49. The Kier molecular flexibility index (Phi) is 20.1. The van der Waals surface area contributed by atoms with Gasteiger partial charge in [0.15, 0.2) is 17.7 Å². The number of nitriles is 1. The molecule has 17 heteroatoms. The minimum atomic E-state index is -4.40. The van der Waals surface area contributed by atoms with E-state index in [-0.39, 0.29) is 23.9 Å². The average Bonchev–Trinajstić information content (AvgIpc) is 3.78. The summed E-state index contributed by atoms with van der Waals surface area (Å²) in [5.41, 5.74) is 6.96. The van der Waals surface area contributed by atoms with Crippen molar-refractivity contribution in [2.75, 3.05) is 32.2 Å². The molecule has 0 radical (unpaired) electrons. The third-order valence-corrected chi connectivity index (χ3v) is 11.4. The van der Waals surface area contributed by atoms with Crippen molar-refractivity contribution in [2.45, 2.75) is 154 Å². The van der Waals surface area contributed by atoms with Gasteiger partial charge in [-0.25, -0.2) is 14.1 Å². The van der Waals surface area contributed by atoms with Gasteiger partial charge < -0.3 is 29.2 Å². The number of anilines is 1. The van der Waals surface area contributed by atoms with Gasteiger partial charge in [-0.3, -0.25) is 19.2 Å². The van der Waals surface area contributed by atoms with Crippen LogP contribution in [0.3, 0.4) is 0 Å². The topological polar surface area (TPSA) is 205 Å². The Balaban J connectivity index is 1.21. The van der Waals surface area contributed by atoms with Crippen LogP contribution in [-0.4, -0.2) is 63.9 Å². The number of non-ortho nitro benzene ring substituents is 1. The molecule has 1 aliphatic rings. The second-order valence-corrected chi connectivity index (χ2v) is 16.7. The van der Waals surface area contributed by atoms with Crippen LogP contribution in [0, 0.1) is 21.6 Å². The first kappa shape index (κ1) is 46.8. The van der Waals surface area contributed by atoms with Crippen molar-refractivity contribution in [1.29, 1.82) is 5.26 Å². The number of nitro groups is 1. The summed E-state index contributed by atoms with van der Waals surface area (Å²) in [5.74, 6) is -0.837. The van der Waals surface area contributed by atoms with Crippen LogP contribution < -0.4 is 10.3 Å². The number of hydrogen-bond acceptors (Lipinski definition) is 14. The molecule has 322 valence electrons. The van der Waals surface area contributed by atoms with Crippen LogP contribution in [0.5, 0.6) is 5.75 Å². The number of fused-ring (bicyclic) bond motifs is 1. The van der Waals surface area contributed by atoms with E-state index in [2.05, 4.69) is 17.0 Å². The Hall–Kier alpha value is -3.84. The summed E-state index contributed by atoms with van der Waals surface area (Å²) in [5, 5.41) is 25.1. The summed E-state index contributed by atoms with van der Waals surface area (Å²) in [4.78, 5) is 14.7. The van der Waals surface area contributed by atoms with Crippen LogP contribution in [-0.2, 0) is 32.6 Å². The predicted molar refractivity (Wildman–Crippen MR) is 219 cm³/mol. The first-order chi connectivity index (χ1) is 28.1. The summed E-state index contributed by atoms with van der Waals surface area (Å²) < 4.78 is 56.4. The molecule has 4 atom stereocenters. The normalized spacial score (nSPS) is 17.8. The molecular formula is C41H63N6O10P. The number of benzene rings is 1. The number of phosphoric ester groups is 1. The summed E-state index contributed by atoms with van der Waals surface area (Å²) in [6.07, 6.45) is 21.3. The number of phosphoric acid groups is 1. The maximum atomic E-state index is 14.1. The van der Waals surface area contributed by atoms with E-state index in [0.29, 0.717) is 30.8 Å². The number of rotatable bonds is 31. The Morgan fingerprint density at radius 3 is 2.09 bits per heavy atom. The first-order valence-corrected chi connectivity index (χ1v) is 22.4. The third kappa shape index (κ3) is 15.7. The maximum absolute atomic E-state index is 14.1. The van der Waals surface area contributed by atoms with Crippen LogP contribution in [0.25, 0.3) is 5.52 Å². The fraction of sp³-hybridized carbons (Fsp3) is 0.683. The van der Waals surface area contributed by atoms with Gasteiger partial charge in [0.05, 0.1) is 17.2 Å². The molecule has 16 nitrogen and oxygen atoms in total. The Morgan fingerprint density at radius 2 is 1.48 bits per heavy atom. The van der Waals surface area contributed by atoms with Gasteiger partial charge in [0.1, 0.15) is 36.4 Å². The molecule has 1 aliphatic heterocycles. The van der Waals surface area contributed by atoms with Gasteiger partial charge >= 0.3 is 7.82 Å². The highest BCUT2D eigenvalue weighted by molar-refractivity contribution is 7.48. The molecule has 4 rings (SSSR count). The van der Waals surface area contributed by atoms with E-state index in [1.165, 1.54) is 120 Å². The molecule has 0 aliphatic carbocycles. The monoisotopic (exact) mass is 830 g/mol. The van der Waals surface area contributed by atoms with Crippen molar-refractivity contribution in [2.24, 2.45) is 0 Å². The van der Waals surface area contributed by atoms with Crippen LogP contribution >= 0.6 is 7.82 Å². The second kappa shape index (κ2) is 24.9. The molecule has 2 aromatic heterocycles. The molecule has 1 aromatic carbocycles. The molecule has 0 amide bonds. The first-order valence-electron chi connectivity index (χ1n) is 20.9. The van der Waals surface area contributed by atoms with Gasteiger partial charge in [0.25, 0.3) is 11.9 Å². The molecular weight excluding hydrogens is 767 g/mol. The van der Waals surface area contributed by atoms with Crippen molar-refractivity contribution < 1.29 is 42.0 Å². The summed E-state index contributed by atoms with van der Waals surface area (Å²) >= 11 is 0. The largest absolute Gasteiger partial charge is 0.530 e. The van der Waals surface area contributed by atoms with Crippen LogP contribution in [0.4, 0.5) is 11.5 Å². The zero-order chi connectivity index (χ0) is 41.6. The van der Waals surface area contributed by atoms with E-state index in [0.717, 1.165) is 12.8 Å². The number of nitrogen functional groups attached to an aromatic ring is 1. The van der Waals surface area contributed by atoms with Gasteiger partial charge in [-0.15, -0.1) is 0 Å². The van der Waals surface area contributed by atoms with Gasteiger partial charge in [-0.2, -0.15) is 10.4 Å². The Morgan fingerprint density at radius 1 is 0.879 bits per heavy atom. The summed E-state index contributed by atoms with van der Waals surface area (Å²) in [7, 11) is -4.40. The number of ether oxygens (including phenoxy) is 4. The maximum Gasteiger partial charge on any atom is 0.530 e. The lowest BCUT2D eigenvalue weighted by atomic mass is 10.0. The summed E-state index contributed by atoms with van der Waals surface area (Å²) in [6, 6.07) is 8.49. The predicted octanol–water partition coefficient (Wildman–Crippen LogP) is 10.2. The highest BCUT2D eigenvalue weighted by Crippen LogP contribution is 2.51. The van der Waals surface area contributed by atoms with Crippen LogP contribution in [0.1, 0.15) is 142 Å². The van der Waals surface area contributed by atoms with E-state index in [4.69, 9.17) is 38.3 Å². The number of nitrogens with zero attached hydrogens (tertiary/aromatic N) is 5. The number of nitrogens with two attached hydrogens (primary N) is 1.